The zero-order valence-electron chi connectivity index (χ0n) is 17.4. The molecule has 1 heterocycles. The number of hydrogen-bond acceptors (Lipinski definition) is 4. The fraction of sp³-hybridized carbons (Fsp3) is 0.0385. The summed E-state index contributed by atoms with van der Waals surface area (Å²) < 4.78 is 5.07. The number of hydrogen-bond donors (Lipinski definition) is 2. The first-order chi connectivity index (χ1) is 16.0. The second kappa shape index (κ2) is 9.97. The van der Waals surface area contributed by atoms with Crippen molar-refractivity contribution in [3.05, 3.63) is 124 Å². The summed E-state index contributed by atoms with van der Waals surface area (Å²) in [6, 6.07) is 23.5. The lowest BCUT2D eigenvalue weighted by atomic mass is 9.98. The molecule has 0 unspecified atom stereocenters. The van der Waals surface area contributed by atoms with Gasteiger partial charge in [0.2, 0.25) is 0 Å². The van der Waals surface area contributed by atoms with Gasteiger partial charge in [-0.3, -0.25) is 14.4 Å². The second-order valence-electron chi connectivity index (χ2n) is 7.19. The molecule has 4 aromatic rings. The Labute approximate surface area is 195 Å². The van der Waals surface area contributed by atoms with Crippen molar-refractivity contribution in [1.29, 1.82) is 0 Å². The molecule has 0 aliphatic heterocycles. The van der Waals surface area contributed by atoms with Gasteiger partial charge in [-0.1, -0.05) is 41.9 Å². The molecule has 0 bridgehead atoms. The highest BCUT2D eigenvalue weighted by Crippen LogP contribution is 2.18. The van der Waals surface area contributed by atoms with Gasteiger partial charge in [-0.05, 0) is 60.2 Å². The lowest BCUT2D eigenvalue weighted by Gasteiger charge is -2.10. The Hall–Kier alpha value is -4.16. The number of carbonyl (C=O) groups excluding carboxylic acids is 3. The Balaban J connectivity index is 1.40. The molecule has 7 heteroatoms. The number of rotatable bonds is 7. The van der Waals surface area contributed by atoms with Crippen molar-refractivity contribution in [1.82, 2.24) is 5.32 Å². The molecule has 164 valence electrons. The van der Waals surface area contributed by atoms with Crippen molar-refractivity contribution in [3.8, 4) is 0 Å². The Kier molecular flexibility index (Phi) is 6.66. The fourth-order valence-electron chi connectivity index (χ4n) is 3.22. The highest BCUT2D eigenvalue weighted by Gasteiger charge is 2.18. The number of nitrogens with one attached hydrogen (secondary N) is 2. The Morgan fingerprint density at radius 2 is 1.45 bits per heavy atom. The molecular formula is C26H19ClN2O4. The van der Waals surface area contributed by atoms with Gasteiger partial charge >= 0.3 is 0 Å². The van der Waals surface area contributed by atoms with Gasteiger partial charge in [-0.25, -0.2) is 0 Å². The van der Waals surface area contributed by atoms with E-state index >= 15 is 0 Å². The molecule has 2 N–H and O–H groups in total. The van der Waals surface area contributed by atoms with Crippen molar-refractivity contribution >= 4 is 34.9 Å². The summed E-state index contributed by atoms with van der Waals surface area (Å²) in [5.74, 6) is -0.738. The van der Waals surface area contributed by atoms with E-state index in [1.807, 2.05) is 0 Å². The van der Waals surface area contributed by atoms with Gasteiger partial charge in [-0.2, -0.15) is 0 Å². The minimum atomic E-state index is -0.358. The van der Waals surface area contributed by atoms with Crippen LogP contribution in [0.25, 0.3) is 0 Å². The number of benzene rings is 3. The predicted molar refractivity (Wildman–Crippen MR) is 126 cm³/mol. The molecule has 0 saturated heterocycles. The normalized spacial score (nSPS) is 10.5. The number of ketones is 1. The highest BCUT2D eigenvalue weighted by molar-refractivity contribution is 6.30. The molecule has 0 radical (unpaired) electrons. The minimum absolute atomic E-state index is 0.221. The summed E-state index contributed by atoms with van der Waals surface area (Å²) in [6.07, 6.45) is 1.43. The molecule has 0 atom stereocenters. The zero-order valence-corrected chi connectivity index (χ0v) is 18.1. The largest absolute Gasteiger partial charge is 0.459 e. The lowest BCUT2D eigenvalue weighted by molar-refractivity contribution is 0.0939. The van der Waals surface area contributed by atoms with Crippen LogP contribution < -0.4 is 10.6 Å². The molecule has 0 fully saturated rings. The maximum Gasteiger partial charge on any atom is 0.291 e. The first kappa shape index (κ1) is 22.0. The molecule has 0 spiro atoms. The van der Waals surface area contributed by atoms with Crippen molar-refractivity contribution in [3.63, 3.8) is 0 Å². The standard InChI is InChI=1S/C26H19ClN2O4/c27-19-11-9-18(10-12-19)24(30)21-4-1-2-5-22(21)25(31)28-16-17-7-13-20(14-8-17)29-26(32)23-6-3-15-33-23/h1-15H,16H2,(H,28,31)(H,29,32). The third-order valence-electron chi connectivity index (χ3n) is 4.93. The van der Waals surface area contributed by atoms with Gasteiger partial charge in [0.1, 0.15) is 0 Å². The zero-order chi connectivity index (χ0) is 23.2. The van der Waals surface area contributed by atoms with Crippen LogP contribution in [0, 0.1) is 0 Å². The first-order valence-electron chi connectivity index (χ1n) is 10.1. The molecule has 3 aromatic carbocycles. The van der Waals surface area contributed by atoms with E-state index in [2.05, 4.69) is 10.6 Å². The maximum atomic E-state index is 12.9. The van der Waals surface area contributed by atoms with Crippen molar-refractivity contribution in [2.45, 2.75) is 6.54 Å². The Bertz CT molecular complexity index is 1280. The number of anilines is 1. The van der Waals surface area contributed by atoms with Crippen LogP contribution in [0.4, 0.5) is 5.69 Å². The average Bonchev–Trinajstić information content (AvgIpc) is 3.39. The number of carbonyl (C=O) groups is 3. The lowest BCUT2D eigenvalue weighted by Crippen LogP contribution is -2.25. The second-order valence-corrected chi connectivity index (χ2v) is 7.63. The van der Waals surface area contributed by atoms with Crippen molar-refractivity contribution in [2.75, 3.05) is 5.32 Å². The van der Waals surface area contributed by atoms with E-state index in [-0.39, 0.29) is 29.9 Å². The van der Waals surface area contributed by atoms with Gasteiger partial charge < -0.3 is 15.1 Å². The van der Waals surface area contributed by atoms with E-state index < -0.39 is 0 Å². The summed E-state index contributed by atoms with van der Waals surface area (Å²) in [5, 5.41) is 6.11. The van der Waals surface area contributed by atoms with Gasteiger partial charge in [-0.15, -0.1) is 0 Å². The molecule has 4 rings (SSSR count). The molecule has 0 aliphatic rings. The predicted octanol–water partition coefficient (Wildman–Crippen LogP) is 5.35. The topological polar surface area (TPSA) is 88.4 Å². The van der Waals surface area contributed by atoms with Crippen LogP contribution in [0.15, 0.2) is 95.6 Å². The van der Waals surface area contributed by atoms with Crippen LogP contribution in [0.2, 0.25) is 5.02 Å². The van der Waals surface area contributed by atoms with Crippen LogP contribution >= 0.6 is 11.6 Å². The molecule has 0 aliphatic carbocycles. The maximum absolute atomic E-state index is 12.9. The molecule has 0 saturated carbocycles. The SMILES string of the molecule is O=C(Nc1ccc(CNC(=O)c2ccccc2C(=O)c2ccc(Cl)cc2)cc1)c1ccco1. The average molecular weight is 459 g/mol. The summed E-state index contributed by atoms with van der Waals surface area (Å²) in [5.41, 5.74) is 2.49. The van der Waals surface area contributed by atoms with E-state index in [1.54, 1.807) is 84.9 Å². The number of furan rings is 1. The van der Waals surface area contributed by atoms with Crippen LogP contribution in [0.3, 0.4) is 0 Å². The van der Waals surface area contributed by atoms with Crippen LogP contribution in [-0.2, 0) is 6.54 Å². The Morgan fingerprint density at radius 3 is 2.12 bits per heavy atom. The van der Waals surface area contributed by atoms with Gasteiger partial charge in [0.25, 0.3) is 11.8 Å². The van der Waals surface area contributed by atoms with E-state index in [9.17, 15) is 14.4 Å². The fourth-order valence-corrected chi connectivity index (χ4v) is 3.35. The van der Waals surface area contributed by atoms with E-state index in [0.717, 1.165) is 5.56 Å². The van der Waals surface area contributed by atoms with E-state index in [0.29, 0.717) is 27.4 Å². The van der Waals surface area contributed by atoms with Crippen molar-refractivity contribution < 1.29 is 18.8 Å². The van der Waals surface area contributed by atoms with Crippen LogP contribution in [0.5, 0.6) is 0 Å². The van der Waals surface area contributed by atoms with Gasteiger partial charge in [0.05, 0.1) is 11.8 Å². The smallest absolute Gasteiger partial charge is 0.291 e. The quantitative estimate of drug-likeness (QED) is 0.365. The number of amides is 2. The molecule has 6 nitrogen and oxygen atoms in total. The van der Waals surface area contributed by atoms with Crippen molar-refractivity contribution in [2.24, 2.45) is 0 Å². The van der Waals surface area contributed by atoms with E-state index in [1.165, 1.54) is 6.26 Å². The summed E-state index contributed by atoms with van der Waals surface area (Å²) in [4.78, 5) is 37.8. The first-order valence-corrected chi connectivity index (χ1v) is 10.5. The molecular weight excluding hydrogens is 440 g/mol. The van der Waals surface area contributed by atoms with Crippen LogP contribution in [0.1, 0.15) is 42.4 Å². The summed E-state index contributed by atoms with van der Waals surface area (Å²) >= 11 is 5.90. The molecule has 1 aromatic heterocycles. The van der Waals surface area contributed by atoms with Crippen LogP contribution in [-0.4, -0.2) is 17.6 Å². The Morgan fingerprint density at radius 1 is 0.758 bits per heavy atom. The van der Waals surface area contributed by atoms with Gasteiger partial charge in [0, 0.05) is 28.4 Å². The third-order valence-corrected chi connectivity index (χ3v) is 5.18. The third kappa shape index (κ3) is 5.37. The molecule has 33 heavy (non-hydrogen) atoms. The number of halogens is 1. The minimum Gasteiger partial charge on any atom is -0.459 e. The summed E-state index contributed by atoms with van der Waals surface area (Å²) in [7, 11) is 0. The summed E-state index contributed by atoms with van der Waals surface area (Å²) in [6.45, 7) is 0.259. The van der Waals surface area contributed by atoms with Gasteiger partial charge in [0.15, 0.2) is 11.5 Å². The van der Waals surface area contributed by atoms with E-state index in [4.69, 9.17) is 16.0 Å². The highest BCUT2D eigenvalue weighted by atomic mass is 35.5. The molecule has 2 amide bonds. The monoisotopic (exact) mass is 458 g/mol.